The molecule has 0 saturated carbocycles. The van der Waals surface area contributed by atoms with Crippen LogP contribution < -0.4 is 0 Å². The monoisotopic (exact) mass is 176 g/mol. The van der Waals surface area contributed by atoms with Crippen LogP contribution in [0.15, 0.2) is 6.58 Å². The van der Waals surface area contributed by atoms with Gasteiger partial charge in [-0.2, -0.15) is 0 Å². The molecule has 0 amide bonds. The quantitative estimate of drug-likeness (QED) is 0.696. The van der Waals surface area contributed by atoms with E-state index in [0.717, 1.165) is 16.7 Å². The molecule has 1 heteroatoms. The van der Waals surface area contributed by atoms with Crippen molar-refractivity contribution in [1.29, 1.82) is 0 Å². The molecule has 1 aromatic rings. The van der Waals surface area contributed by atoms with Crippen molar-refractivity contribution in [3.63, 3.8) is 0 Å². The fraction of sp³-hybridized carbons (Fsp3) is 0.333. The van der Waals surface area contributed by atoms with Gasteiger partial charge in [0.25, 0.3) is 0 Å². The topological polar surface area (TPSA) is 20.2 Å². The fourth-order valence-corrected chi connectivity index (χ4v) is 1.57. The molecule has 0 aliphatic heterocycles. The van der Waals surface area contributed by atoms with Crippen molar-refractivity contribution < 1.29 is 5.11 Å². The molecule has 0 atom stereocenters. The van der Waals surface area contributed by atoms with Crippen LogP contribution >= 0.6 is 0 Å². The van der Waals surface area contributed by atoms with E-state index in [0.29, 0.717) is 5.75 Å². The van der Waals surface area contributed by atoms with Gasteiger partial charge in [-0.15, -0.1) is 0 Å². The Morgan fingerprint density at radius 3 is 1.85 bits per heavy atom. The van der Waals surface area contributed by atoms with Crippen molar-refractivity contribution in [2.45, 2.75) is 27.7 Å². The first-order valence-electron chi connectivity index (χ1n) is 4.42. The molecule has 13 heavy (non-hydrogen) atoms. The van der Waals surface area contributed by atoms with Crippen molar-refractivity contribution in [3.05, 3.63) is 34.4 Å². The third-order valence-corrected chi connectivity index (χ3v) is 2.91. The second kappa shape index (κ2) is 3.25. The normalized spacial score (nSPS) is 10.2. The molecule has 1 N–H and O–H groups in total. The van der Waals surface area contributed by atoms with Gasteiger partial charge in [0.15, 0.2) is 0 Å². The van der Waals surface area contributed by atoms with Crippen LogP contribution in [0.3, 0.4) is 0 Å². The van der Waals surface area contributed by atoms with E-state index in [9.17, 15) is 5.11 Å². The summed E-state index contributed by atoms with van der Waals surface area (Å²) in [6, 6.07) is 0. The smallest absolute Gasteiger partial charge is 0.126 e. The van der Waals surface area contributed by atoms with Gasteiger partial charge in [0.2, 0.25) is 0 Å². The molecule has 0 spiro atoms. The summed E-state index contributed by atoms with van der Waals surface area (Å²) in [4.78, 5) is 0. The second-order valence-electron chi connectivity index (χ2n) is 3.47. The van der Waals surface area contributed by atoms with Gasteiger partial charge in [0.1, 0.15) is 5.75 Å². The van der Waals surface area contributed by atoms with E-state index in [4.69, 9.17) is 0 Å². The molecule has 0 radical (unpaired) electrons. The average Bonchev–Trinajstić information content (AvgIpc) is 2.13. The number of hydrogen-bond donors (Lipinski definition) is 1. The van der Waals surface area contributed by atoms with Gasteiger partial charge >= 0.3 is 0 Å². The van der Waals surface area contributed by atoms with Gasteiger partial charge in [-0.1, -0.05) is 12.7 Å². The van der Waals surface area contributed by atoms with E-state index in [-0.39, 0.29) is 0 Å². The summed E-state index contributed by atoms with van der Waals surface area (Å²) in [7, 11) is 0. The highest BCUT2D eigenvalue weighted by molar-refractivity contribution is 5.65. The Bertz CT molecular complexity index is 333. The van der Waals surface area contributed by atoms with Gasteiger partial charge in [-0.05, 0) is 49.9 Å². The van der Waals surface area contributed by atoms with Crippen LogP contribution in [0, 0.1) is 27.7 Å². The van der Waals surface area contributed by atoms with Gasteiger partial charge in [0.05, 0.1) is 0 Å². The summed E-state index contributed by atoms with van der Waals surface area (Å²) in [6.45, 7) is 11.8. The van der Waals surface area contributed by atoms with Crippen LogP contribution in [0.4, 0.5) is 0 Å². The minimum absolute atomic E-state index is 0.371. The van der Waals surface area contributed by atoms with Crippen molar-refractivity contribution in [2.75, 3.05) is 0 Å². The fourth-order valence-electron chi connectivity index (χ4n) is 1.57. The molecule has 70 valence electrons. The zero-order valence-corrected chi connectivity index (χ0v) is 8.73. The van der Waals surface area contributed by atoms with Crippen molar-refractivity contribution in [1.82, 2.24) is 0 Å². The summed E-state index contributed by atoms with van der Waals surface area (Å²) >= 11 is 0. The number of phenolic OH excluding ortho intramolecular Hbond substituents is 1. The Kier molecular flexibility index (Phi) is 2.46. The summed E-state index contributed by atoms with van der Waals surface area (Å²) in [6.07, 6.45) is 1.71. The van der Waals surface area contributed by atoms with Crippen LogP contribution in [0.25, 0.3) is 6.08 Å². The SMILES string of the molecule is C=Cc1c(C)c(C)c(C)c(C)c1O. The number of hydrogen-bond acceptors (Lipinski definition) is 1. The minimum Gasteiger partial charge on any atom is -0.507 e. The van der Waals surface area contributed by atoms with Crippen LogP contribution in [-0.2, 0) is 0 Å². The Hall–Kier alpha value is -1.24. The Balaban J connectivity index is 3.66. The van der Waals surface area contributed by atoms with E-state index >= 15 is 0 Å². The highest BCUT2D eigenvalue weighted by atomic mass is 16.3. The molecule has 0 bridgehead atoms. The lowest BCUT2D eigenvalue weighted by Gasteiger charge is -2.14. The Morgan fingerprint density at radius 2 is 1.38 bits per heavy atom. The first-order valence-corrected chi connectivity index (χ1v) is 4.42. The molecule has 0 aliphatic rings. The zero-order chi connectivity index (χ0) is 10.2. The van der Waals surface area contributed by atoms with E-state index in [1.165, 1.54) is 11.1 Å². The maximum absolute atomic E-state index is 9.81. The van der Waals surface area contributed by atoms with Crippen molar-refractivity contribution >= 4 is 6.08 Å². The average molecular weight is 176 g/mol. The molecule has 0 saturated heterocycles. The molecule has 0 unspecified atom stereocenters. The predicted octanol–water partition coefficient (Wildman–Crippen LogP) is 3.27. The predicted molar refractivity (Wildman–Crippen MR) is 57.1 cm³/mol. The zero-order valence-electron chi connectivity index (χ0n) is 8.73. The van der Waals surface area contributed by atoms with E-state index in [1.54, 1.807) is 6.08 Å². The van der Waals surface area contributed by atoms with Crippen LogP contribution in [0.2, 0.25) is 0 Å². The molecule has 1 rings (SSSR count). The van der Waals surface area contributed by atoms with Gasteiger partial charge in [-0.3, -0.25) is 0 Å². The van der Waals surface area contributed by atoms with E-state index in [1.807, 2.05) is 20.8 Å². The number of benzene rings is 1. The maximum Gasteiger partial charge on any atom is 0.126 e. The third kappa shape index (κ3) is 1.35. The molecule has 0 fully saturated rings. The Morgan fingerprint density at radius 1 is 0.923 bits per heavy atom. The first kappa shape index (κ1) is 9.85. The lowest BCUT2D eigenvalue weighted by molar-refractivity contribution is 0.468. The highest BCUT2D eigenvalue weighted by Crippen LogP contribution is 2.32. The lowest BCUT2D eigenvalue weighted by Crippen LogP contribution is -1.95. The molecule has 0 aromatic heterocycles. The number of rotatable bonds is 1. The number of phenols is 1. The van der Waals surface area contributed by atoms with Crippen molar-refractivity contribution in [3.8, 4) is 5.75 Å². The molecule has 0 heterocycles. The Labute approximate surface area is 79.7 Å². The molecule has 1 aromatic carbocycles. The van der Waals surface area contributed by atoms with E-state index < -0.39 is 0 Å². The second-order valence-corrected chi connectivity index (χ2v) is 3.47. The summed E-state index contributed by atoms with van der Waals surface area (Å²) in [5.74, 6) is 0.371. The number of aromatic hydroxyl groups is 1. The summed E-state index contributed by atoms with van der Waals surface area (Å²) in [5.41, 5.74) is 5.35. The minimum atomic E-state index is 0.371. The third-order valence-electron chi connectivity index (χ3n) is 2.91. The highest BCUT2D eigenvalue weighted by Gasteiger charge is 2.11. The van der Waals surface area contributed by atoms with Gasteiger partial charge < -0.3 is 5.11 Å². The molecule has 0 aliphatic carbocycles. The summed E-state index contributed by atoms with van der Waals surface area (Å²) < 4.78 is 0. The van der Waals surface area contributed by atoms with Crippen LogP contribution in [-0.4, -0.2) is 5.11 Å². The van der Waals surface area contributed by atoms with Crippen molar-refractivity contribution in [2.24, 2.45) is 0 Å². The summed E-state index contributed by atoms with van der Waals surface area (Å²) in [5, 5.41) is 9.81. The van der Waals surface area contributed by atoms with E-state index in [2.05, 4.69) is 13.5 Å². The lowest BCUT2D eigenvalue weighted by atomic mass is 9.93. The standard InChI is InChI=1S/C12H16O/c1-6-11-9(4)7(2)8(3)10(5)12(11)13/h6,13H,1H2,2-5H3. The molecule has 1 nitrogen and oxygen atoms in total. The van der Waals surface area contributed by atoms with Crippen LogP contribution in [0.5, 0.6) is 5.75 Å². The van der Waals surface area contributed by atoms with Gasteiger partial charge in [0, 0.05) is 5.56 Å². The maximum atomic E-state index is 9.81. The molecular weight excluding hydrogens is 160 g/mol. The first-order chi connectivity index (χ1) is 6.00. The van der Waals surface area contributed by atoms with Crippen LogP contribution in [0.1, 0.15) is 27.8 Å². The van der Waals surface area contributed by atoms with Gasteiger partial charge in [-0.25, -0.2) is 0 Å². The molecular formula is C12H16O. The largest absolute Gasteiger partial charge is 0.507 e.